The van der Waals surface area contributed by atoms with Crippen LogP contribution < -0.4 is 21.3 Å². The summed E-state index contributed by atoms with van der Waals surface area (Å²) in [6, 6.07) is 0. The third kappa shape index (κ3) is 11.6. The predicted molar refractivity (Wildman–Crippen MR) is 190 cm³/mol. The summed E-state index contributed by atoms with van der Waals surface area (Å²) in [7, 11) is 0. The number of nitrogens with one attached hydrogen (secondary N) is 4. The fourth-order valence-corrected chi connectivity index (χ4v) is 8.77. The van der Waals surface area contributed by atoms with Crippen molar-refractivity contribution in [2.75, 3.05) is 39.3 Å². The lowest BCUT2D eigenvalue weighted by molar-refractivity contribution is -0.195. The monoisotopic (exact) mass is 713 g/mol. The first-order valence-corrected chi connectivity index (χ1v) is 18.2. The van der Waals surface area contributed by atoms with Crippen molar-refractivity contribution in [2.24, 2.45) is 31.6 Å². The minimum absolute atomic E-state index is 0.238. The lowest BCUT2D eigenvalue weighted by atomic mass is 9.36. The van der Waals surface area contributed by atoms with Crippen LogP contribution in [0.3, 0.4) is 0 Å². The van der Waals surface area contributed by atoms with Crippen molar-refractivity contribution >= 4 is 23.8 Å². The van der Waals surface area contributed by atoms with Crippen molar-refractivity contribution in [3.05, 3.63) is 31.3 Å². The number of hydrogen-bond donors (Lipinski definition) is 4. The third-order valence-corrected chi connectivity index (χ3v) is 10.1. The second kappa shape index (κ2) is 18.7. The molecule has 0 aromatic carbocycles. The van der Waals surface area contributed by atoms with E-state index in [1.807, 2.05) is 0 Å². The summed E-state index contributed by atoms with van der Waals surface area (Å²) in [5.41, 5.74) is 20.4. The summed E-state index contributed by atoms with van der Waals surface area (Å²) in [6.07, 6.45) is 7.22. The maximum atomic E-state index is 14.3. The van der Waals surface area contributed by atoms with Gasteiger partial charge in [0.2, 0.25) is 17.7 Å². The quantitative estimate of drug-likeness (QED) is 0.0429. The van der Waals surface area contributed by atoms with Gasteiger partial charge in [-0.15, -0.1) is 0 Å². The molecule has 4 aliphatic carbocycles. The number of rotatable bonds is 22. The highest BCUT2D eigenvalue weighted by atomic mass is 16.6. The Morgan fingerprint density at radius 2 is 0.902 bits per heavy atom. The molecule has 18 heteroatoms. The van der Waals surface area contributed by atoms with E-state index in [0.29, 0.717) is 77.8 Å². The molecule has 4 amide bonds. The van der Waals surface area contributed by atoms with Crippen LogP contribution in [0.15, 0.2) is 15.3 Å². The van der Waals surface area contributed by atoms with E-state index < -0.39 is 33.5 Å². The van der Waals surface area contributed by atoms with Gasteiger partial charge in [0.25, 0.3) is 0 Å². The van der Waals surface area contributed by atoms with Crippen molar-refractivity contribution in [1.82, 2.24) is 21.3 Å². The largest absolute Gasteiger partial charge is 0.444 e. The fourth-order valence-electron chi connectivity index (χ4n) is 8.77. The van der Waals surface area contributed by atoms with E-state index in [1.165, 1.54) is 0 Å². The van der Waals surface area contributed by atoms with E-state index in [-0.39, 0.29) is 56.2 Å². The summed E-state index contributed by atoms with van der Waals surface area (Å²) < 4.78 is 5.67. The lowest BCUT2D eigenvalue weighted by Gasteiger charge is -2.68. The molecule has 0 saturated heterocycles. The number of carbonyl (C=O) groups excluding carboxylic acids is 4. The van der Waals surface area contributed by atoms with Crippen LogP contribution in [0.25, 0.3) is 31.3 Å². The van der Waals surface area contributed by atoms with Crippen molar-refractivity contribution in [3.63, 3.8) is 0 Å². The average molecular weight is 714 g/mol. The Hall–Kier alpha value is -4.39. The van der Waals surface area contributed by atoms with Gasteiger partial charge in [-0.25, -0.2) is 4.79 Å². The Balaban J connectivity index is 1.91. The van der Waals surface area contributed by atoms with E-state index in [4.69, 9.17) is 21.3 Å². The fraction of sp³-hybridized carbons (Fsp3) is 0.879. The molecule has 4 rings (SSSR count). The van der Waals surface area contributed by atoms with Crippen molar-refractivity contribution in [2.45, 2.75) is 128 Å². The van der Waals surface area contributed by atoms with Crippen molar-refractivity contribution in [3.8, 4) is 0 Å². The predicted octanol–water partition coefficient (Wildman–Crippen LogP) is 6.38. The molecule has 0 aromatic heterocycles. The molecular formula is C33H55N13O5. The average Bonchev–Trinajstić information content (AvgIpc) is 3.05. The van der Waals surface area contributed by atoms with Crippen molar-refractivity contribution in [1.29, 1.82) is 0 Å². The number of unbranched alkanes of at least 4 members (excludes halogenated alkanes) is 6. The topological polar surface area (TPSA) is 272 Å². The van der Waals surface area contributed by atoms with E-state index >= 15 is 0 Å². The Labute approximate surface area is 299 Å². The second-order valence-corrected chi connectivity index (χ2v) is 15.6. The van der Waals surface area contributed by atoms with Crippen LogP contribution in [0.1, 0.15) is 117 Å². The van der Waals surface area contributed by atoms with Crippen LogP contribution in [0.2, 0.25) is 0 Å². The molecule has 4 bridgehead atoms. The van der Waals surface area contributed by atoms with Crippen LogP contribution >= 0.6 is 0 Å². The molecule has 282 valence electrons. The molecule has 0 spiro atoms. The van der Waals surface area contributed by atoms with Crippen LogP contribution in [-0.2, 0) is 19.1 Å². The number of amides is 4. The zero-order chi connectivity index (χ0) is 37.4. The Morgan fingerprint density at radius 3 is 1.20 bits per heavy atom. The molecule has 4 N–H and O–H groups in total. The zero-order valence-electron chi connectivity index (χ0n) is 30.4. The zero-order valence-corrected chi connectivity index (χ0v) is 30.4. The molecule has 4 fully saturated rings. The van der Waals surface area contributed by atoms with E-state index in [1.54, 1.807) is 20.8 Å². The third-order valence-electron chi connectivity index (χ3n) is 10.1. The first-order chi connectivity index (χ1) is 24.3. The normalized spacial score (nSPS) is 25.7. The van der Waals surface area contributed by atoms with E-state index in [2.05, 4.69) is 51.3 Å². The summed E-state index contributed by atoms with van der Waals surface area (Å²) in [4.78, 5) is 64.7. The van der Waals surface area contributed by atoms with Gasteiger partial charge >= 0.3 is 6.09 Å². The smallest absolute Gasteiger partial charge is 0.408 e. The Kier molecular flexibility index (Phi) is 15.1. The highest BCUT2D eigenvalue weighted by Gasteiger charge is 2.74. The van der Waals surface area contributed by atoms with Gasteiger partial charge in [-0.2, -0.15) is 0 Å². The van der Waals surface area contributed by atoms with Crippen LogP contribution in [-0.4, -0.2) is 74.2 Å². The molecule has 4 saturated carbocycles. The van der Waals surface area contributed by atoms with Gasteiger partial charge in [-0.1, -0.05) is 34.6 Å². The van der Waals surface area contributed by atoms with Crippen LogP contribution in [0.5, 0.6) is 0 Å². The van der Waals surface area contributed by atoms with Gasteiger partial charge in [-0.05, 0) is 114 Å². The van der Waals surface area contributed by atoms with Gasteiger partial charge in [0.1, 0.15) is 5.60 Å². The molecule has 0 aromatic rings. The molecule has 0 aliphatic heterocycles. The Morgan fingerprint density at radius 1 is 0.569 bits per heavy atom. The molecular weight excluding hydrogens is 658 g/mol. The summed E-state index contributed by atoms with van der Waals surface area (Å²) in [6.45, 7) is 7.57. The number of ether oxygens (including phenoxy) is 1. The molecule has 0 radical (unpaired) electrons. The standard InChI is InChI=1S/C33H55N13O5/c1-29(2,3)51-28(50)43-33-22-30(25(47)37-13-7-4-10-16-40-44-34)19-31(23-33,26(48)38-14-8-5-11-17-41-45-35)21-32(20-30,24-33)27(49)39-15-9-6-12-18-42-46-36/h4-24H2,1-3H3,(H,37,47)(H,38,48)(H,39,49)(H,43,50). The Bertz CT molecular complexity index is 1250. The summed E-state index contributed by atoms with van der Waals surface area (Å²) >= 11 is 0. The first-order valence-electron chi connectivity index (χ1n) is 18.2. The van der Waals surface area contributed by atoms with Gasteiger partial charge in [-0.3, -0.25) is 14.4 Å². The number of nitrogens with zero attached hydrogens (tertiary/aromatic N) is 9. The lowest BCUT2D eigenvalue weighted by Crippen LogP contribution is -2.75. The molecule has 18 nitrogen and oxygen atoms in total. The maximum Gasteiger partial charge on any atom is 0.408 e. The number of carbonyl (C=O) groups is 4. The van der Waals surface area contributed by atoms with Gasteiger partial charge in [0.15, 0.2) is 0 Å². The number of azide groups is 3. The van der Waals surface area contributed by atoms with E-state index in [9.17, 15) is 19.2 Å². The molecule has 51 heavy (non-hydrogen) atoms. The highest BCUT2D eigenvalue weighted by molar-refractivity contribution is 5.93. The SMILES string of the molecule is CC(C)(C)OC(=O)NC12CC3(C(=O)NCCCCCN=[N+]=[N-])CC(C(=O)NCCCCCN=[N+]=[N-])(C1)CC(C(=O)NCCCCCN=[N+]=[N-])(C2)C3. The minimum Gasteiger partial charge on any atom is -0.444 e. The van der Waals surface area contributed by atoms with Gasteiger partial charge in [0, 0.05) is 59.5 Å². The summed E-state index contributed by atoms with van der Waals surface area (Å²) in [5.74, 6) is -0.715. The molecule has 0 atom stereocenters. The van der Waals surface area contributed by atoms with Gasteiger partial charge < -0.3 is 26.0 Å². The number of alkyl carbamates (subject to hydrolysis) is 1. The molecule has 0 heterocycles. The van der Waals surface area contributed by atoms with Gasteiger partial charge in [0.05, 0.1) is 16.2 Å². The molecule has 0 unspecified atom stereocenters. The van der Waals surface area contributed by atoms with Crippen molar-refractivity contribution < 1.29 is 23.9 Å². The van der Waals surface area contributed by atoms with Crippen LogP contribution in [0.4, 0.5) is 4.79 Å². The first kappa shape index (κ1) is 41.0. The maximum absolute atomic E-state index is 14.3. The second-order valence-electron chi connectivity index (χ2n) is 15.6. The number of hydrogen-bond acceptors (Lipinski definition) is 8. The molecule has 4 aliphatic rings. The van der Waals surface area contributed by atoms with Crippen LogP contribution in [0, 0.1) is 16.2 Å². The summed E-state index contributed by atoms with van der Waals surface area (Å²) in [5, 5.41) is 23.0. The minimum atomic E-state index is -1.10. The van der Waals surface area contributed by atoms with E-state index in [0.717, 1.165) is 19.3 Å². The highest BCUT2D eigenvalue weighted by Crippen LogP contribution is 2.71.